The second kappa shape index (κ2) is 4.56. The first-order valence-corrected chi connectivity index (χ1v) is 9.15. The molecule has 2 saturated carbocycles. The lowest BCUT2D eigenvalue weighted by molar-refractivity contribution is 0.133. The molecule has 2 aliphatic carbocycles. The fourth-order valence-electron chi connectivity index (χ4n) is 5.58. The molecule has 3 aromatic rings. The van der Waals surface area contributed by atoms with Crippen LogP contribution in [-0.4, -0.2) is 9.97 Å². The first-order valence-electron chi connectivity index (χ1n) is 9.15. The molecule has 2 heterocycles. The van der Waals surface area contributed by atoms with Crippen LogP contribution in [0.15, 0.2) is 42.6 Å². The molecule has 0 saturated heterocycles. The Hall–Kier alpha value is -1.96. The van der Waals surface area contributed by atoms with E-state index in [1.807, 2.05) is 12.3 Å². The van der Waals surface area contributed by atoms with Crippen molar-refractivity contribution < 1.29 is 0 Å². The minimum atomic E-state index is 0.371. The third-order valence-corrected chi connectivity index (χ3v) is 7.60. The van der Waals surface area contributed by atoms with Crippen molar-refractivity contribution in [3.8, 4) is 0 Å². The normalized spacial score (nSPS) is 31.1. The first-order chi connectivity index (χ1) is 11.5. The van der Waals surface area contributed by atoms with Crippen LogP contribution in [0.5, 0.6) is 0 Å². The van der Waals surface area contributed by atoms with Crippen LogP contribution in [0.3, 0.4) is 0 Å². The molecular weight excluding hydrogens is 292 g/mol. The average Bonchev–Trinajstić information content (AvgIpc) is 2.94. The van der Waals surface area contributed by atoms with Crippen molar-refractivity contribution in [3.63, 3.8) is 0 Å². The molecule has 0 radical (unpaired) electrons. The van der Waals surface area contributed by atoms with E-state index in [2.05, 4.69) is 56.1 Å². The zero-order valence-corrected chi connectivity index (χ0v) is 14.7. The van der Waals surface area contributed by atoms with Gasteiger partial charge in [-0.05, 0) is 48.1 Å². The van der Waals surface area contributed by atoms with Gasteiger partial charge in [0.05, 0.1) is 11.0 Å². The van der Waals surface area contributed by atoms with Gasteiger partial charge in [-0.15, -0.1) is 0 Å². The molecule has 1 aromatic carbocycles. The number of hydrogen-bond donors (Lipinski definition) is 0. The van der Waals surface area contributed by atoms with Crippen molar-refractivity contribution in [2.45, 2.75) is 46.0 Å². The maximum absolute atomic E-state index is 5.15. The summed E-state index contributed by atoms with van der Waals surface area (Å²) in [4.78, 5) is 9.76. The molecular formula is C22H24N2. The maximum atomic E-state index is 5.15. The molecule has 3 atom stereocenters. The summed E-state index contributed by atoms with van der Waals surface area (Å²) in [6, 6.07) is 12.9. The fourth-order valence-corrected chi connectivity index (χ4v) is 5.58. The van der Waals surface area contributed by atoms with Crippen LogP contribution in [0.25, 0.3) is 21.8 Å². The third-order valence-electron chi connectivity index (χ3n) is 7.60. The number of fused-ring (bicyclic) bond motifs is 5. The molecule has 2 heteroatoms. The summed E-state index contributed by atoms with van der Waals surface area (Å²) >= 11 is 0. The van der Waals surface area contributed by atoms with Crippen molar-refractivity contribution in [2.75, 3.05) is 0 Å². The molecule has 0 aliphatic heterocycles. The Labute approximate surface area is 143 Å². The molecule has 2 bridgehead atoms. The highest BCUT2D eigenvalue weighted by Crippen LogP contribution is 2.70. The predicted molar refractivity (Wildman–Crippen MR) is 99.0 cm³/mol. The molecule has 0 unspecified atom stereocenters. The van der Waals surface area contributed by atoms with Gasteiger partial charge in [-0.1, -0.05) is 45.0 Å². The van der Waals surface area contributed by atoms with Gasteiger partial charge in [0.1, 0.15) is 0 Å². The Bertz CT molecular complexity index is 959. The van der Waals surface area contributed by atoms with E-state index in [0.717, 1.165) is 17.0 Å². The van der Waals surface area contributed by atoms with Gasteiger partial charge in [0.2, 0.25) is 0 Å². The topological polar surface area (TPSA) is 25.8 Å². The van der Waals surface area contributed by atoms with Crippen molar-refractivity contribution in [3.05, 3.63) is 48.3 Å². The lowest BCUT2D eigenvalue weighted by Gasteiger charge is -2.39. The van der Waals surface area contributed by atoms with E-state index < -0.39 is 0 Å². The molecule has 24 heavy (non-hydrogen) atoms. The fraction of sp³-hybridized carbons (Fsp3) is 0.455. The highest BCUT2D eigenvalue weighted by Gasteiger charge is 2.61. The van der Waals surface area contributed by atoms with Crippen LogP contribution in [0.4, 0.5) is 0 Å². The molecule has 2 aromatic heterocycles. The highest BCUT2D eigenvalue weighted by atomic mass is 14.8. The van der Waals surface area contributed by atoms with Gasteiger partial charge in [0.25, 0.3) is 0 Å². The van der Waals surface area contributed by atoms with Crippen LogP contribution in [0.2, 0.25) is 0 Å². The lowest BCUT2D eigenvalue weighted by Crippen LogP contribution is -2.31. The van der Waals surface area contributed by atoms with Gasteiger partial charge >= 0.3 is 0 Å². The van der Waals surface area contributed by atoms with Crippen LogP contribution < -0.4 is 0 Å². The Balaban J connectivity index is 1.70. The molecule has 0 N–H and O–H groups in total. The quantitative estimate of drug-likeness (QED) is 0.537. The molecule has 122 valence electrons. The summed E-state index contributed by atoms with van der Waals surface area (Å²) in [6.45, 7) is 7.45. The summed E-state index contributed by atoms with van der Waals surface area (Å²) in [5.74, 6) is 1.42. The number of benzene rings is 1. The standard InChI is InChI=1S/C22H24N2/c1-21(2)16-10-11-22(21,3)17(13-16)18-9-8-15-7-6-14-5-4-12-23-19(14)20(15)24-18/h4-9,12,16-17H,10-11,13H2,1-3H3/t16-,17-,22+/m0/s1. The molecule has 0 spiro atoms. The van der Waals surface area contributed by atoms with Crippen molar-refractivity contribution in [1.82, 2.24) is 9.97 Å². The molecule has 2 nitrogen and oxygen atoms in total. The number of nitrogens with zero attached hydrogens (tertiary/aromatic N) is 2. The average molecular weight is 316 g/mol. The van der Waals surface area contributed by atoms with Crippen molar-refractivity contribution >= 4 is 21.8 Å². The van der Waals surface area contributed by atoms with Gasteiger partial charge in [0.15, 0.2) is 0 Å². The summed E-state index contributed by atoms with van der Waals surface area (Å²) in [6.07, 6.45) is 5.89. The minimum Gasteiger partial charge on any atom is -0.254 e. The lowest BCUT2D eigenvalue weighted by atomic mass is 9.66. The Morgan fingerprint density at radius 2 is 1.71 bits per heavy atom. The Kier molecular flexibility index (Phi) is 2.73. The highest BCUT2D eigenvalue weighted by molar-refractivity contribution is 6.02. The number of rotatable bonds is 1. The van der Waals surface area contributed by atoms with E-state index in [0.29, 0.717) is 16.7 Å². The van der Waals surface area contributed by atoms with Gasteiger partial charge < -0.3 is 0 Å². The molecule has 5 rings (SSSR count). The molecule has 2 fully saturated rings. The second-order valence-electron chi connectivity index (χ2n) is 8.61. The summed E-state index contributed by atoms with van der Waals surface area (Å²) in [5.41, 5.74) is 4.17. The summed E-state index contributed by atoms with van der Waals surface area (Å²) < 4.78 is 0. The summed E-state index contributed by atoms with van der Waals surface area (Å²) in [7, 11) is 0. The van der Waals surface area contributed by atoms with E-state index in [1.165, 1.54) is 35.7 Å². The third kappa shape index (κ3) is 1.67. The van der Waals surface area contributed by atoms with Gasteiger partial charge in [-0.2, -0.15) is 0 Å². The summed E-state index contributed by atoms with van der Waals surface area (Å²) in [5, 5.41) is 2.37. The molecule has 0 amide bonds. The second-order valence-corrected chi connectivity index (χ2v) is 8.61. The van der Waals surface area contributed by atoms with Gasteiger partial charge in [0, 0.05) is 28.6 Å². The van der Waals surface area contributed by atoms with Crippen LogP contribution in [0.1, 0.15) is 51.6 Å². The maximum Gasteiger partial charge on any atom is 0.0967 e. The van der Waals surface area contributed by atoms with E-state index in [-0.39, 0.29) is 0 Å². The molecule has 2 aliphatic rings. The largest absolute Gasteiger partial charge is 0.254 e. The monoisotopic (exact) mass is 316 g/mol. The van der Waals surface area contributed by atoms with Crippen LogP contribution in [-0.2, 0) is 0 Å². The Morgan fingerprint density at radius 1 is 0.958 bits per heavy atom. The van der Waals surface area contributed by atoms with Crippen LogP contribution in [0, 0.1) is 16.7 Å². The number of hydrogen-bond acceptors (Lipinski definition) is 2. The zero-order chi connectivity index (χ0) is 16.5. The number of pyridine rings is 2. The zero-order valence-electron chi connectivity index (χ0n) is 14.7. The SMILES string of the molecule is CC1(C)[C@H]2CC[C@]1(C)[C@H](c1ccc3ccc4cccnc4c3n1)C2. The Morgan fingerprint density at radius 3 is 2.42 bits per heavy atom. The van der Waals surface area contributed by atoms with Gasteiger partial charge in [-0.25, -0.2) is 0 Å². The smallest absolute Gasteiger partial charge is 0.0967 e. The minimum absolute atomic E-state index is 0.371. The first kappa shape index (κ1) is 14.4. The predicted octanol–water partition coefficient (Wildman–Crippen LogP) is 5.71. The van der Waals surface area contributed by atoms with E-state index in [4.69, 9.17) is 4.98 Å². The van der Waals surface area contributed by atoms with Crippen molar-refractivity contribution in [1.29, 1.82) is 0 Å². The van der Waals surface area contributed by atoms with E-state index >= 15 is 0 Å². The number of aromatic nitrogens is 2. The van der Waals surface area contributed by atoms with E-state index in [1.54, 1.807) is 0 Å². The van der Waals surface area contributed by atoms with Gasteiger partial charge in [-0.3, -0.25) is 9.97 Å². The van der Waals surface area contributed by atoms with Crippen LogP contribution >= 0.6 is 0 Å². The van der Waals surface area contributed by atoms with Crippen molar-refractivity contribution in [2.24, 2.45) is 16.7 Å². The van der Waals surface area contributed by atoms with E-state index in [9.17, 15) is 0 Å².